The Morgan fingerprint density at radius 3 is 2.75 bits per heavy atom. The van der Waals surface area contributed by atoms with Gasteiger partial charge < -0.3 is 10.2 Å². The van der Waals surface area contributed by atoms with Gasteiger partial charge in [0.05, 0.1) is 5.92 Å². The molecule has 2 aromatic carbocycles. The summed E-state index contributed by atoms with van der Waals surface area (Å²) in [6.07, 6.45) is 3.13. The SMILES string of the molecule is CCc1ccccc1N1CC(C(=O)Nc2nnc(SCCCc3ccccc3)s2)CC1=O. The molecule has 0 radical (unpaired) electrons. The highest BCUT2D eigenvalue weighted by atomic mass is 32.2. The fraction of sp³-hybridized carbons (Fsp3) is 0.333. The van der Waals surface area contributed by atoms with E-state index in [1.807, 2.05) is 30.3 Å². The summed E-state index contributed by atoms with van der Waals surface area (Å²) in [5, 5.41) is 11.6. The maximum Gasteiger partial charge on any atom is 0.231 e. The van der Waals surface area contributed by atoms with E-state index in [1.165, 1.54) is 16.9 Å². The fourth-order valence-corrected chi connectivity index (χ4v) is 5.56. The van der Waals surface area contributed by atoms with Crippen molar-refractivity contribution in [3.05, 3.63) is 65.7 Å². The predicted molar refractivity (Wildman–Crippen MR) is 130 cm³/mol. The van der Waals surface area contributed by atoms with E-state index >= 15 is 0 Å². The number of hydrogen-bond acceptors (Lipinski definition) is 6. The summed E-state index contributed by atoms with van der Waals surface area (Å²) in [4.78, 5) is 27.1. The van der Waals surface area contributed by atoms with Crippen molar-refractivity contribution in [2.24, 2.45) is 5.92 Å². The van der Waals surface area contributed by atoms with Crippen molar-refractivity contribution >= 4 is 45.7 Å². The van der Waals surface area contributed by atoms with Crippen LogP contribution in [0.15, 0.2) is 58.9 Å². The van der Waals surface area contributed by atoms with Crippen LogP contribution in [-0.4, -0.2) is 34.3 Å². The Labute approximate surface area is 196 Å². The largest absolute Gasteiger partial charge is 0.311 e. The van der Waals surface area contributed by atoms with Crippen LogP contribution in [0.5, 0.6) is 0 Å². The van der Waals surface area contributed by atoms with E-state index in [2.05, 4.69) is 46.7 Å². The van der Waals surface area contributed by atoms with Crippen LogP contribution in [0.2, 0.25) is 0 Å². The van der Waals surface area contributed by atoms with E-state index in [-0.39, 0.29) is 18.2 Å². The summed E-state index contributed by atoms with van der Waals surface area (Å²) in [6, 6.07) is 18.3. The second-order valence-electron chi connectivity index (χ2n) is 7.69. The minimum absolute atomic E-state index is 0.0158. The quantitative estimate of drug-likeness (QED) is 0.278. The molecule has 0 saturated carbocycles. The van der Waals surface area contributed by atoms with Gasteiger partial charge in [0, 0.05) is 24.4 Å². The zero-order valence-corrected chi connectivity index (χ0v) is 19.6. The molecule has 32 heavy (non-hydrogen) atoms. The van der Waals surface area contributed by atoms with Crippen molar-refractivity contribution in [1.29, 1.82) is 0 Å². The monoisotopic (exact) mass is 466 g/mol. The van der Waals surface area contributed by atoms with Gasteiger partial charge in [0.15, 0.2) is 4.34 Å². The molecule has 2 amide bonds. The number of aryl methyl sites for hydroxylation is 2. The van der Waals surface area contributed by atoms with Gasteiger partial charge in [-0.1, -0.05) is 78.6 Å². The average Bonchev–Trinajstić information content (AvgIpc) is 3.43. The molecule has 0 spiro atoms. The van der Waals surface area contributed by atoms with Crippen LogP contribution in [0.25, 0.3) is 0 Å². The van der Waals surface area contributed by atoms with Gasteiger partial charge in [0.25, 0.3) is 0 Å². The summed E-state index contributed by atoms with van der Waals surface area (Å²) in [7, 11) is 0. The van der Waals surface area contributed by atoms with Gasteiger partial charge in [-0.15, -0.1) is 10.2 Å². The van der Waals surface area contributed by atoms with Crippen LogP contribution in [-0.2, 0) is 22.4 Å². The topological polar surface area (TPSA) is 75.2 Å². The van der Waals surface area contributed by atoms with E-state index in [1.54, 1.807) is 16.7 Å². The summed E-state index contributed by atoms with van der Waals surface area (Å²) in [6.45, 7) is 2.46. The minimum atomic E-state index is -0.390. The predicted octanol–water partition coefficient (Wildman–Crippen LogP) is 4.82. The molecule has 1 aliphatic heterocycles. The number of nitrogens with zero attached hydrogens (tertiary/aromatic N) is 3. The van der Waals surface area contributed by atoms with Crippen LogP contribution in [0, 0.1) is 5.92 Å². The third-order valence-electron chi connectivity index (χ3n) is 5.47. The van der Waals surface area contributed by atoms with Gasteiger partial charge in [-0.2, -0.15) is 0 Å². The lowest BCUT2D eigenvalue weighted by Crippen LogP contribution is -2.28. The number of carbonyl (C=O) groups excluding carboxylic acids is 2. The van der Waals surface area contributed by atoms with Crippen LogP contribution in [0.3, 0.4) is 0 Å². The van der Waals surface area contributed by atoms with Crippen LogP contribution < -0.4 is 10.2 Å². The van der Waals surface area contributed by atoms with Gasteiger partial charge in [0.2, 0.25) is 16.9 Å². The third kappa shape index (κ3) is 5.55. The van der Waals surface area contributed by atoms with Crippen LogP contribution >= 0.6 is 23.1 Å². The molecule has 1 saturated heterocycles. The molecule has 1 aromatic heterocycles. The van der Waals surface area contributed by atoms with Crippen molar-refractivity contribution < 1.29 is 9.59 Å². The third-order valence-corrected chi connectivity index (χ3v) is 7.53. The molecule has 6 nitrogen and oxygen atoms in total. The van der Waals surface area contributed by atoms with Crippen LogP contribution in [0.4, 0.5) is 10.8 Å². The van der Waals surface area contributed by atoms with E-state index in [9.17, 15) is 9.59 Å². The number of benzene rings is 2. The fourth-order valence-electron chi connectivity index (χ4n) is 3.80. The molecular formula is C24H26N4O2S2. The van der Waals surface area contributed by atoms with E-state index in [4.69, 9.17) is 0 Å². The van der Waals surface area contributed by atoms with Gasteiger partial charge in [-0.05, 0) is 36.5 Å². The Kier molecular flexibility index (Phi) is 7.55. The van der Waals surface area contributed by atoms with Gasteiger partial charge in [-0.3, -0.25) is 9.59 Å². The van der Waals surface area contributed by atoms with Crippen molar-refractivity contribution in [2.45, 2.75) is 36.9 Å². The number of anilines is 2. The number of rotatable bonds is 9. The number of aromatic nitrogens is 2. The van der Waals surface area contributed by atoms with Gasteiger partial charge in [0.1, 0.15) is 0 Å². The van der Waals surface area contributed by atoms with E-state index in [0.717, 1.165) is 40.6 Å². The number of amides is 2. The zero-order chi connectivity index (χ0) is 22.3. The van der Waals surface area contributed by atoms with Gasteiger partial charge in [-0.25, -0.2) is 0 Å². The Morgan fingerprint density at radius 2 is 1.94 bits per heavy atom. The number of hydrogen-bond donors (Lipinski definition) is 1. The Balaban J connectivity index is 1.27. The van der Waals surface area contributed by atoms with Crippen molar-refractivity contribution in [2.75, 3.05) is 22.5 Å². The molecule has 4 rings (SSSR count). The summed E-state index contributed by atoms with van der Waals surface area (Å²) in [5.41, 5.74) is 3.35. The smallest absolute Gasteiger partial charge is 0.231 e. The molecule has 1 unspecified atom stereocenters. The summed E-state index contributed by atoms with van der Waals surface area (Å²) >= 11 is 3.03. The molecule has 0 bridgehead atoms. The van der Waals surface area contributed by atoms with E-state index in [0.29, 0.717) is 11.7 Å². The van der Waals surface area contributed by atoms with Crippen molar-refractivity contribution in [3.63, 3.8) is 0 Å². The number of nitrogens with one attached hydrogen (secondary N) is 1. The normalized spacial score (nSPS) is 15.8. The number of para-hydroxylation sites is 1. The molecule has 166 valence electrons. The first-order chi connectivity index (χ1) is 15.6. The number of carbonyl (C=O) groups is 2. The first-order valence-corrected chi connectivity index (χ1v) is 12.6. The van der Waals surface area contributed by atoms with E-state index < -0.39 is 5.92 Å². The number of thioether (sulfide) groups is 1. The Bertz CT molecular complexity index is 1070. The maximum absolute atomic E-state index is 12.8. The standard InChI is InChI=1S/C24H26N4O2S2/c1-2-18-12-6-7-13-20(18)28-16-19(15-21(28)29)22(30)25-23-26-27-24(32-23)31-14-8-11-17-9-4-3-5-10-17/h3-7,9-10,12-13,19H,2,8,11,14-16H2,1H3,(H,25,26,30). The Morgan fingerprint density at radius 1 is 1.16 bits per heavy atom. The lowest BCUT2D eigenvalue weighted by molar-refractivity contribution is -0.122. The van der Waals surface area contributed by atoms with Gasteiger partial charge >= 0.3 is 0 Å². The second kappa shape index (κ2) is 10.7. The minimum Gasteiger partial charge on any atom is -0.311 e. The van der Waals surface area contributed by atoms with Crippen molar-refractivity contribution in [1.82, 2.24) is 10.2 Å². The average molecular weight is 467 g/mol. The first kappa shape index (κ1) is 22.5. The molecular weight excluding hydrogens is 440 g/mol. The molecule has 8 heteroatoms. The van der Waals surface area contributed by atoms with Crippen molar-refractivity contribution in [3.8, 4) is 0 Å². The molecule has 1 fully saturated rings. The summed E-state index contributed by atoms with van der Waals surface area (Å²) < 4.78 is 0.842. The highest BCUT2D eigenvalue weighted by Crippen LogP contribution is 2.30. The molecule has 3 aromatic rings. The Hall–Kier alpha value is -2.71. The lowest BCUT2D eigenvalue weighted by Gasteiger charge is -2.19. The maximum atomic E-state index is 12.8. The molecule has 2 heterocycles. The first-order valence-electron chi connectivity index (χ1n) is 10.8. The lowest BCUT2D eigenvalue weighted by atomic mass is 10.1. The highest BCUT2D eigenvalue weighted by molar-refractivity contribution is 8.01. The highest BCUT2D eigenvalue weighted by Gasteiger charge is 2.36. The second-order valence-corrected chi connectivity index (χ2v) is 10.0. The molecule has 0 aliphatic carbocycles. The zero-order valence-electron chi connectivity index (χ0n) is 18.0. The molecule has 1 N–H and O–H groups in total. The summed E-state index contributed by atoms with van der Waals surface area (Å²) in [5.74, 6) is 0.364. The molecule has 1 atom stereocenters. The molecule has 1 aliphatic rings. The van der Waals surface area contributed by atoms with Crippen LogP contribution in [0.1, 0.15) is 30.9 Å².